The van der Waals surface area contributed by atoms with E-state index in [0.717, 1.165) is 0 Å². The first-order valence-electron chi connectivity index (χ1n) is 5.65. The van der Waals surface area contributed by atoms with E-state index < -0.39 is 17.5 Å². The highest BCUT2D eigenvalue weighted by molar-refractivity contribution is 9.10. The lowest BCUT2D eigenvalue weighted by atomic mass is 10.1. The number of rotatable bonds is 3. The van der Waals surface area contributed by atoms with Crippen LogP contribution in [0.4, 0.5) is 8.78 Å². The summed E-state index contributed by atoms with van der Waals surface area (Å²) in [6.45, 7) is -0.0229. The molecule has 104 valence electrons. The number of amides is 1. The molecular weight excluding hydrogens is 396 g/mol. The van der Waals surface area contributed by atoms with E-state index in [2.05, 4.69) is 37.2 Å². The third-order valence-corrected chi connectivity index (χ3v) is 3.79. The summed E-state index contributed by atoms with van der Waals surface area (Å²) in [5.74, 6) is -1.66. The van der Waals surface area contributed by atoms with Crippen molar-refractivity contribution in [3.8, 4) is 0 Å². The fourth-order valence-electron chi connectivity index (χ4n) is 1.66. The zero-order chi connectivity index (χ0) is 14.7. The molecule has 0 heterocycles. The maximum Gasteiger partial charge on any atom is 0.255 e. The Morgan fingerprint density at radius 2 is 1.85 bits per heavy atom. The molecule has 6 heteroatoms. The Morgan fingerprint density at radius 1 is 1.10 bits per heavy atom. The standard InChI is InChI=1S/C14H9Br2F2NO/c15-9-4-5-11(17)8(6-9)7-19-14(20)13-10(16)2-1-3-12(13)18/h1-6H,7H2,(H,19,20). The van der Waals surface area contributed by atoms with E-state index >= 15 is 0 Å². The topological polar surface area (TPSA) is 29.1 Å². The second-order valence-electron chi connectivity index (χ2n) is 4.02. The van der Waals surface area contributed by atoms with Crippen LogP contribution in [-0.2, 0) is 6.54 Å². The van der Waals surface area contributed by atoms with Gasteiger partial charge in [-0.05, 0) is 46.3 Å². The minimum Gasteiger partial charge on any atom is -0.348 e. The second-order valence-corrected chi connectivity index (χ2v) is 5.79. The molecule has 0 aliphatic heterocycles. The van der Waals surface area contributed by atoms with Crippen molar-refractivity contribution in [3.63, 3.8) is 0 Å². The third-order valence-electron chi connectivity index (χ3n) is 2.64. The molecule has 0 saturated heterocycles. The monoisotopic (exact) mass is 403 g/mol. The largest absolute Gasteiger partial charge is 0.348 e. The molecule has 1 N–H and O–H groups in total. The first kappa shape index (κ1) is 15.1. The van der Waals surface area contributed by atoms with E-state index in [1.165, 1.54) is 18.2 Å². The third kappa shape index (κ3) is 3.43. The molecule has 0 unspecified atom stereocenters. The van der Waals surface area contributed by atoms with E-state index in [4.69, 9.17) is 0 Å². The van der Waals surface area contributed by atoms with Crippen LogP contribution in [0.2, 0.25) is 0 Å². The summed E-state index contributed by atoms with van der Waals surface area (Å²) in [6.07, 6.45) is 0. The zero-order valence-electron chi connectivity index (χ0n) is 10.1. The predicted molar refractivity (Wildman–Crippen MR) is 79.4 cm³/mol. The molecule has 2 aromatic carbocycles. The quantitative estimate of drug-likeness (QED) is 0.805. The maximum absolute atomic E-state index is 13.6. The number of benzene rings is 2. The number of nitrogens with one attached hydrogen (secondary N) is 1. The summed E-state index contributed by atoms with van der Waals surface area (Å²) >= 11 is 6.34. The first-order valence-corrected chi connectivity index (χ1v) is 7.24. The van der Waals surface area contributed by atoms with Crippen molar-refractivity contribution in [2.75, 3.05) is 0 Å². The van der Waals surface area contributed by atoms with Gasteiger partial charge in [0.25, 0.3) is 5.91 Å². The molecule has 2 nitrogen and oxygen atoms in total. The highest BCUT2D eigenvalue weighted by atomic mass is 79.9. The van der Waals surface area contributed by atoms with Gasteiger partial charge in [0, 0.05) is 21.1 Å². The fraction of sp³-hybridized carbons (Fsp3) is 0.0714. The summed E-state index contributed by atoms with van der Waals surface area (Å²) < 4.78 is 28.2. The average molecular weight is 405 g/mol. The van der Waals surface area contributed by atoms with Gasteiger partial charge in [0.05, 0.1) is 5.56 Å². The molecule has 0 fully saturated rings. The van der Waals surface area contributed by atoms with Gasteiger partial charge in [0.1, 0.15) is 11.6 Å². The van der Waals surface area contributed by atoms with Crippen LogP contribution in [0.3, 0.4) is 0 Å². The SMILES string of the molecule is O=C(NCc1cc(Br)ccc1F)c1c(F)cccc1Br. The predicted octanol–water partition coefficient (Wildman–Crippen LogP) is 4.42. The van der Waals surface area contributed by atoms with Gasteiger partial charge < -0.3 is 5.32 Å². The van der Waals surface area contributed by atoms with Crippen molar-refractivity contribution in [2.24, 2.45) is 0 Å². The molecule has 0 radical (unpaired) electrons. The molecular formula is C14H9Br2F2NO. The number of hydrogen-bond donors (Lipinski definition) is 1. The van der Waals surface area contributed by atoms with Crippen LogP contribution < -0.4 is 5.32 Å². The highest BCUT2D eigenvalue weighted by Crippen LogP contribution is 2.20. The van der Waals surface area contributed by atoms with Gasteiger partial charge in [-0.1, -0.05) is 22.0 Å². The highest BCUT2D eigenvalue weighted by Gasteiger charge is 2.15. The van der Waals surface area contributed by atoms with Crippen molar-refractivity contribution in [3.05, 3.63) is 68.1 Å². The lowest BCUT2D eigenvalue weighted by Crippen LogP contribution is -2.24. The minimum atomic E-state index is -0.633. The molecule has 0 aromatic heterocycles. The van der Waals surface area contributed by atoms with Gasteiger partial charge in [-0.25, -0.2) is 8.78 Å². The van der Waals surface area contributed by atoms with Crippen molar-refractivity contribution >= 4 is 37.8 Å². The fourth-order valence-corrected chi connectivity index (χ4v) is 2.59. The normalized spacial score (nSPS) is 10.4. The van der Waals surface area contributed by atoms with Crippen molar-refractivity contribution in [1.29, 1.82) is 0 Å². The van der Waals surface area contributed by atoms with Crippen molar-refractivity contribution in [2.45, 2.75) is 6.54 Å². The molecule has 2 rings (SSSR count). The first-order chi connectivity index (χ1) is 9.49. The van der Waals surface area contributed by atoms with Crippen LogP contribution >= 0.6 is 31.9 Å². The van der Waals surface area contributed by atoms with Crippen LogP contribution in [0.25, 0.3) is 0 Å². The zero-order valence-corrected chi connectivity index (χ0v) is 13.3. The van der Waals surface area contributed by atoms with Gasteiger partial charge >= 0.3 is 0 Å². The summed E-state index contributed by atoms with van der Waals surface area (Å²) in [5, 5.41) is 2.50. The van der Waals surface area contributed by atoms with E-state index in [-0.39, 0.29) is 12.1 Å². The second kappa shape index (κ2) is 6.45. The Kier molecular flexibility index (Phi) is 4.88. The van der Waals surface area contributed by atoms with E-state index in [0.29, 0.717) is 14.5 Å². The summed E-state index contributed by atoms with van der Waals surface area (Å²) in [4.78, 5) is 11.9. The van der Waals surface area contributed by atoms with Crippen LogP contribution in [-0.4, -0.2) is 5.91 Å². The summed E-state index contributed by atoms with van der Waals surface area (Å²) in [6, 6.07) is 8.67. The number of hydrogen-bond acceptors (Lipinski definition) is 1. The van der Waals surface area contributed by atoms with Crippen LogP contribution in [0.15, 0.2) is 45.3 Å². The molecule has 20 heavy (non-hydrogen) atoms. The molecule has 0 aliphatic rings. The Bertz CT molecular complexity index is 641. The van der Waals surface area contributed by atoms with Gasteiger partial charge in [-0.2, -0.15) is 0 Å². The maximum atomic E-state index is 13.6. The smallest absolute Gasteiger partial charge is 0.255 e. The number of carbonyl (C=O) groups is 1. The van der Waals surface area contributed by atoms with E-state index in [1.54, 1.807) is 18.2 Å². The minimum absolute atomic E-state index is 0.0229. The van der Waals surface area contributed by atoms with Gasteiger partial charge in [0.15, 0.2) is 0 Å². The van der Waals surface area contributed by atoms with E-state index in [1.807, 2.05) is 0 Å². The van der Waals surface area contributed by atoms with Crippen LogP contribution in [0.5, 0.6) is 0 Å². The molecule has 0 spiro atoms. The lowest BCUT2D eigenvalue weighted by Gasteiger charge is -2.09. The Hall–Kier alpha value is -1.27. The van der Waals surface area contributed by atoms with Crippen LogP contribution in [0.1, 0.15) is 15.9 Å². The number of halogens is 4. The summed E-state index contributed by atoms with van der Waals surface area (Å²) in [5.41, 5.74) is 0.225. The van der Waals surface area contributed by atoms with Gasteiger partial charge in [-0.3, -0.25) is 4.79 Å². The van der Waals surface area contributed by atoms with Crippen molar-refractivity contribution < 1.29 is 13.6 Å². The molecule has 1 amide bonds. The molecule has 0 atom stereocenters. The average Bonchev–Trinajstić information content (AvgIpc) is 2.39. The number of carbonyl (C=O) groups excluding carboxylic acids is 1. The molecule has 0 aliphatic carbocycles. The molecule has 2 aromatic rings. The summed E-state index contributed by atoms with van der Waals surface area (Å²) in [7, 11) is 0. The lowest BCUT2D eigenvalue weighted by molar-refractivity contribution is 0.0945. The molecule has 0 saturated carbocycles. The van der Waals surface area contributed by atoms with Crippen LogP contribution in [0, 0.1) is 11.6 Å². The Labute approximate surface area is 131 Å². The Balaban J connectivity index is 2.15. The van der Waals surface area contributed by atoms with Gasteiger partial charge in [0.2, 0.25) is 0 Å². The van der Waals surface area contributed by atoms with Gasteiger partial charge in [-0.15, -0.1) is 0 Å². The van der Waals surface area contributed by atoms with E-state index in [9.17, 15) is 13.6 Å². The Morgan fingerprint density at radius 3 is 2.55 bits per heavy atom. The molecule has 0 bridgehead atoms. The van der Waals surface area contributed by atoms with Crippen molar-refractivity contribution in [1.82, 2.24) is 5.32 Å².